The molecule has 1 saturated carbocycles. The molecule has 360 valence electrons. The number of carbonyl (C=O) groups is 1. The molecule has 0 radical (unpaired) electrons. The molecule has 7 atom stereocenters. The maximum absolute atomic E-state index is 16.2. The van der Waals surface area contributed by atoms with Crippen molar-refractivity contribution in [1.82, 2.24) is 15.3 Å². The average molecular weight is 927 g/mol. The summed E-state index contributed by atoms with van der Waals surface area (Å²) in [4.78, 5) is 24.3. The van der Waals surface area contributed by atoms with Crippen molar-refractivity contribution in [3.8, 4) is 34.5 Å². The Morgan fingerprint density at radius 1 is 0.941 bits per heavy atom. The van der Waals surface area contributed by atoms with Crippen LogP contribution in [-0.2, 0) is 23.1 Å². The molecule has 0 unspecified atom stereocenters. The number of likely N-dealkylation sites (N-methyl/N-ethyl adjacent to an activating group) is 1. The van der Waals surface area contributed by atoms with Crippen LogP contribution in [0.15, 0.2) is 97.3 Å². The van der Waals surface area contributed by atoms with Gasteiger partial charge in [-0.15, -0.1) is 0 Å². The Balaban J connectivity index is 1.33. The standard InChI is InChI=1S/C55H66N4O9/c1-32(2)7-6-22-68-50-28-36(27-48(65)54(50)66)35-24-37(31-56-3)52-41-13-12-40(60)25-34(41)11-14-43(52)59-51-29-38(18-21-58-51)55(19-17-44(61)42(55)30-39-8-5-20-57-39)53(47(64)26-35)46(63)16-10-33-9-15-45(62)49(23-33)67-4/h5,8-9,11-15,18,20-21,23,25,27-29,32,35,37,42,44,46,53,56-57,60-63,65-66H,6-7,10,16-17,19,22,24,26,30-31H2,1-4H3,(H,58,59)/t35-,37+,42+,44+,46-,53-,55+/m1/s1. The fourth-order valence-electron chi connectivity index (χ4n) is 11.3. The first-order valence-electron chi connectivity index (χ1n) is 24.0. The highest BCUT2D eigenvalue weighted by atomic mass is 16.5. The number of aromatic hydroxyl groups is 4. The van der Waals surface area contributed by atoms with Gasteiger partial charge in [-0.25, -0.2) is 4.98 Å². The van der Waals surface area contributed by atoms with Gasteiger partial charge in [0.1, 0.15) is 17.4 Å². The van der Waals surface area contributed by atoms with Crippen LogP contribution in [0.25, 0.3) is 10.8 Å². The largest absolute Gasteiger partial charge is 0.508 e. The molecular formula is C55H66N4O9. The lowest BCUT2D eigenvalue weighted by molar-refractivity contribution is -0.132. The third-order valence-corrected chi connectivity index (χ3v) is 14.6. The van der Waals surface area contributed by atoms with E-state index < -0.39 is 35.4 Å². The summed E-state index contributed by atoms with van der Waals surface area (Å²) >= 11 is 0. The van der Waals surface area contributed by atoms with E-state index in [-0.39, 0.29) is 53.3 Å². The van der Waals surface area contributed by atoms with Gasteiger partial charge in [0, 0.05) is 48.1 Å². The number of Topliss-reactive ketones (excluding diaryl/α,β-unsaturated/α-hetero) is 1. The fourth-order valence-corrected chi connectivity index (χ4v) is 11.3. The molecule has 3 heterocycles. The number of benzene rings is 4. The number of H-pyrrole nitrogens is 1. The maximum atomic E-state index is 16.2. The van der Waals surface area contributed by atoms with Crippen LogP contribution in [0.4, 0.5) is 11.5 Å². The van der Waals surface area contributed by atoms with Crippen molar-refractivity contribution < 1.29 is 44.9 Å². The first-order valence-corrected chi connectivity index (χ1v) is 24.0. The van der Waals surface area contributed by atoms with Crippen LogP contribution in [0, 0.1) is 17.8 Å². The summed E-state index contributed by atoms with van der Waals surface area (Å²) in [7, 11) is 3.36. The van der Waals surface area contributed by atoms with Gasteiger partial charge in [0.05, 0.1) is 31.8 Å². The molecule has 13 nitrogen and oxygen atoms in total. The minimum atomic E-state index is -1.20. The van der Waals surface area contributed by atoms with Crippen LogP contribution >= 0.6 is 0 Å². The van der Waals surface area contributed by atoms with E-state index in [1.165, 1.54) is 13.2 Å². The molecule has 68 heavy (non-hydrogen) atoms. The number of nitrogens with zero attached hydrogens (tertiary/aromatic N) is 1. The lowest BCUT2D eigenvalue weighted by Gasteiger charge is -2.45. The topological polar surface area (TPSA) is 210 Å². The van der Waals surface area contributed by atoms with Crippen LogP contribution in [0.5, 0.6) is 34.5 Å². The van der Waals surface area contributed by atoms with Crippen molar-refractivity contribution in [2.24, 2.45) is 17.8 Å². The number of ketones is 1. The van der Waals surface area contributed by atoms with Crippen molar-refractivity contribution in [2.45, 2.75) is 101 Å². The summed E-state index contributed by atoms with van der Waals surface area (Å²) in [6, 6.07) is 25.3. The third kappa shape index (κ3) is 10.1. The zero-order valence-electron chi connectivity index (χ0n) is 39.4. The minimum absolute atomic E-state index is 0.00401. The molecule has 2 bridgehead atoms. The number of anilines is 2. The van der Waals surface area contributed by atoms with Crippen LogP contribution in [0.3, 0.4) is 0 Å². The number of methoxy groups -OCH3 is 1. The van der Waals surface area contributed by atoms with Gasteiger partial charge in [-0.2, -0.15) is 0 Å². The van der Waals surface area contributed by atoms with Crippen molar-refractivity contribution in [1.29, 1.82) is 0 Å². The molecule has 13 heteroatoms. The number of ether oxygens (including phenoxy) is 2. The predicted octanol–water partition coefficient (Wildman–Crippen LogP) is 9.26. The van der Waals surface area contributed by atoms with Gasteiger partial charge in [0.15, 0.2) is 23.0 Å². The molecule has 2 aromatic heterocycles. The van der Waals surface area contributed by atoms with Crippen LogP contribution in [0.2, 0.25) is 0 Å². The Hall–Kier alpha value is -6.28. The smallest absolute Gasteiger partial charge is 0.200 e. The molecule has 1 spiro atoms. The number of fused-ring (bicyclic) bond motifs is 6. The number of rotatable bonds is 15. The Morgan fingerprint density at radius 2 is 1.78 bits per heavy atom. The Morgan fingerprint density at radius 3 is 2.54 bits per heavy atom. The van der Waals surface area contributed by atoms with E-state index in [9.17, 15) is 30.6 Å². The molecule has 4 aromatic carbocycles. The van der Waals surface area contributed by atoms with Crippen molar-refractivity contribution in [3.05, 3.63) is 125 Å². The molecule has 1 aliphatic heterocycles. The molecule has 6 aromatic rings. The molecule has 9 N–H and O–H groups in total. The number of hydrogen-bond donors (Lipinski definition) is 9. The van der Waals surface area contributed by atoms with Gasteiger partial charge in [-0.05, 0) is 176 Å². The van der Waals surface area contributed by atoms with Crippen molar-refractivity contribution >= 4 is 28.1 Å². The van der Waals surface area contributed by atoms with E-state index in [0.717, 1.165) is 51.7 Å². The van der Waals surface area contributed by atoms with E-state index in [1.807, 2.05) is 55.7 Å². The number of aliphatic hydroxyl groups is 2. The van der Waals surface area contributed by atoms with E-state index >= 15 is 4.79 Å². The first-order chi connectivity index (χ1) is 32.8. The van der Waals surface area contributed by atoms with Gasteiger partial charge in [-0.1, -0.05) is 32.0 Å². The molecule has 0 saturated heterocycles. The lowest BCUT2D eigenvalue weighted by atomic mass is 9.58. The number of aryl methyl sites for hydroxylation is 1. The quantitative estimate of drug-likeness (QED) is 0.0349. The van der Waals surface area contributed by atoms with Crippen molar-refractivity contribution in [2.75, 3.05) is 32.6 Å². The van der Waals surface area contributed by atoms with Gasteiger partial charge in [-0.3, -0.25) is 4.79 Å². The number of aromatic nitrogens is 2. The number of nitrogens with one attached hydrogen (secondary N) is 3. The van der Waals surface area contributed by atoms with E-state index in [4.69, 9.17) is 14.5 Å². The summed E-state index contributed by atoms with van der Waals surface area (Å²) in [6.45, 7) is 5.06. The number of carbonyl (C=O) groups excluding carboxylic acids is 1. The van der Waals surface area contributed by atoms with Gasteiger partial charge < -0.3 is 55.7 Å². The highest BCUT2D eigenvalue weighted by Crippen LogP contribution is 2.56. The normalized spacial score (nSPS) is 22.3. The number of hydrogen-bond acceptors (Lipinski definition) is 12. The Bertz CT molecular complexity index is 2690. The zero-order valence-corrected chi connectivity index (χ0v) is 39.4. The second kappa shape index (κ2) is 20.9. The monoisotopic (exact) mass is 926 g/mol. The summed E-state index contributed by atoms with van der Waals surface area (Å²) in [5.74, 6) is -1.83. The molecule has 2 aliphatic rings. The Kier molecular flexibility index (Phi) is 14.8. The van der Waals surface area contributed by atoms with Crippen LogP contribution in [0.1, 0.15) is 98.6 Å². The van der Waals surface area contributed by atoms with E-state index in [0.29, 0.717) is 68.3 Å². The molecular weight excluding hydrogens is 861 g/mol. The van der Waals surface area contributed by atoms with Gasteiger partial charge >= 0.3 is 0 Å². The Labute approximate surface area is 398 Å². The number of pyridine rings is 1. The number of phenolic OH excluding ortho intramolecular Hbond substituents is 4. The highest BCUT2D eigenvalue weighted by Gasteiger charge is 2.57. The maximum Gasteiger partial charge on any atom is 0.200 e. The molecule has 0 amide bonds. The summed E-state index contributed by atoms with van der Waals surface area (Å²) in [5.41, 5.74) is 3.67. The summed E-state index contributed by atoms with van der Waals surface area (Å²) in [5, 5.41) is 77.5. The fraction of sp³-hybridized carbons (Fsp3) is 0.418. The van der Waals surface area contributed by atoms with Crippen LogP contribution in [-0.4, -0.2) is 85.9 Å². The van der Waals surface area contributed by atoms with E-state index in [1.54, 1.807) is 42.6 Å². The van der Waals surface area contributed by atoms with Crippen LogP contribution < -0.4 is 20.1 Å². The minimum Gasteiger partial charge on any atom is -0.508 e. The SMILES string of the molecule is CNC[C@@H]1C[C@@H](c2cc(O)c(O)c(OCCCC(C)C)c2)CC(=O)[C@@H]([C@H](O)CCc2ccc(O)c(OC)c2)[C@@]2(CC[C@H](O)[C@@H]2Cc2ccc[nH]2)c2ccnc(c2)Nc2ccc3cc(O)ccc3c21. The van der Waals surface area contributed by atoms with Crippen molar-refractivity contribution in [3.63, 3.8) is 0 Å². The number of phenols is 4. The zero-order chi connectivity index (χ0) is 48.1. The number of aliphatic hydroxyl groups excluding tert-OH is 2. The molecule has 1 aliphatic carbocycles. The average Bonchev–Trinajstić information content (AvgIpc) is 3.96. The predicted molar refractivity (Wildman–Crippen MR) is 264 cm³/mol. The first kappa shape index (κ1) is 48.2. The van der Waals surface area contributed by atoms with Gasteiger partial charge in [0.2, 0.25) is 5.75 Å². The lowest BCUT2D eigenvalue weighted by Crippen LogP contribution is -2.51. The molecule has 1 fully saturated rings. The van der Waals surface area contributed by atoms with E-state index in [2.05, 4.69) is 29.5 Å². The summed E-state index contributed by atoms with van der Waals surface area (Å²) in [6.07, 6.45) is 5.25. The second-order valence-electron chi connectivity index (χ2n) is 19.4. The summed E-state index contributed by atoms with van der Waals surface area (Å²) < 4.78 is 11.6. The molecule has 8 rings (SSSR count). The third-order valence-electron chi connectivity index (χ3n) is 14.6. The second-order valence-corrected chi connectivity index (χ2v) is 19.4. The highest BCUT2D eigenvalue weighted by molar-refractivity contribution is 5.93. The van der Waals surface area contributed by atoms with Gasteiger partial charge in [0.25, 0.3) is 0 Å². The number of aromatic amines is 1.